The number of aromatic nitrogens is 2. The van der Waals surface area contributed by atoms with Crippen molar-refractivity contribution in [2.24, 2.45) is 0 Å². The monoisotopic (exact) mass is 292 g/mol. The summed E-state index contributed by atoms with van der Waals surface area (Å²) in [6.07, 6.45) is 1.54. The number of hydrogen-bond donors (Lipinski definition) is 2. The largest absolute Gasteiger partial charge is 0.490 e. The maximum Gasteiger partial charge on any atom is 0.204 e. The van der Waals surface area contributed by atoms with E-state index in [1.54, 1.807) is 18.4 Å². The Bertz CT molecular complexity index is 563. The Kier molecular flexibility index (Phi) is 4.79. The van der Waals surface area contributed by atoms with Crippen molar-refractivity contribution in [2.75, 3.05) is 24.3 Å². The molecular weight excluding hydrogens is 272 g/mol. The maximum absolute atomic E-state index is 5.40. The van der Waals surface area contributed by atoms with Gasteiger partial charge in [-0.1, -0.05) is 0 Å². The number of rotatable bonds is 6. The third kappa shape index (κ3) is 3.19. The van der Waals surface area contributed by atoms with Crippen LogP contribution in [0.5, 0.6) is 5.75 Å². The zero-order valence-corrected chi connectivity index (χ0v) is 13.1. The molecule has 0 radical (unpaired) electrons. The lowest BCUT2D eigenvalue weighted by atomic mass is 10.3. The summed E-state index contributed by atoms with van der Waals surface area (Å²) in [5.74, 6) is 2.08. The normalized spacial score (nSPS) is 10.4. The van der Waals surface area contributed by atoms with Gasteiger partial charge in [-0.15, -0.1) is 11.3 Å². The summed E-state index contributed by atoms with van der Waals surface area (Å²) in [5.41, 5.74) is 1.33. The molecular formula is C14H20N4OS. The van der Waals surface area contributed by atoms with Crippen LogP contribution in [0.15, 0.2) is 12.4 Å². The molecule has 2 N–H and O–H groups in total. The molecule has 0 aromatic carbocycles. The first-order valence-corrected chi connectivity index (χ1v) is 7.40. The highest BCUT2D eigenvalue weighted by molar-refractivity contribution is 7.12. The second-order valence-electron chi connectivity index (χ2n) is 4.44. The van der Waals surface area contributed by atoms with Crippen molar-refractivity contribution in [2.45, 2.75) is 27.3 Å². The molecule has 6 heteroatoms. The van der Waals surface area contributed by atoms with Crippen LogP contribution in [-0.2, 0) is 6.54 Å². The molecule has 2 aromatic rings. The van der Waals surface area contributed by atoms with Gasteiger partial charge in [-0.2, -0.15) is 0 Å². The van der Waals surface area contributed by atoms with E-state index in [4.69, 9.17) is 4.74 Å². The van der Waals surface area contributed by atoms with Gasteiger partial charge in [0.25, 0.3) is 0 Å². The van der Waals surface area contributed by atoms with Crippen LogP contribution in [0.1, 0.15) is 22.2 Å². The van der Waals surface area contributed by atoms with Crippen LogP contribution in [0, 0.1) is 13.8 Å². The average molecular weight is 292 g/mol. The summed E-state index contributed by atoms with van der Waals surface area (Å²) < 4.78 is 5.40. The van der Waals surface area contributed by atoms with Gasteiger partial charge in [-0.05, 0) is 32.4 Å². The minimum Gasteiger partial charge on any atom is -0.490 e. The van der Waals surface area contributed by atoms with E-state index in [0.29, 0.717) is 17.4 Å². The van der Waals surface area contributed by atoms with Gasteiger partial charge < -0.3 is 15.4 Å². The number of thiophene rings is 1. The first kappa shape index (κ1) is 14.6. The molecule has 0 aliphatic rings. The molecule has 0 amide bonds. The number of ether oxygens (including phenoxy) is 1. The van der Waals surface area contributed by atoms with Crippen LogP contribution in [-0.4, -0.2) is 23.6 Å². The van der Waals surface area contributed by atoms with Crippen molar-refractivity contribution in [3.8, 4) is 5.75 Å². The Labute approximate surface area is 123 Å². The number of methoxy groups -OCH3 is 1. The molecule has 0 aliphatic carbocycles. The van der Waals surface area contributed by atoms with Crippen LogP contribution in [0.3, 0.4) is 0 Å². The minimum atomic E-state index is 0.652. The highest BCUT2D eigenvalue weighted by Crippen LogP contribution is 2.30. The van der Waals surface area contributed by atoms with Crippen molar-refractivity contribution in [1.82, 2.24) is 9.97 Å². The lowest BCUT2D eigenvalue weighted by Gasteiger charge is -2.13. The average Bonchev–Trinajstić information content (AvgIpc) is 2.76. The second kappa shape index (κ2) is 6.56. The summed E-state index contributed by atoms with van der Waals surface area (Å²) in [5, 5.41) is 6.48. The van der Waals surface area contributed by atoms with Crippen molar-refractivity contribution < 1.29 is 4.74 Å². The summed E-state index contributed by atoms with van der Waals surface area (Å²) in [6.45, 7) is 7.81. The topological polar surface area (TPSA) is 59.1 Å². The van der Waals surface area contributed by atoms with E-state index in [1.165, 1.54) is 21.6 Å². The first-order valence-electron chi connectivity index (χ1n) is 6.58. The zero-order valence-electron chi connectivity index (χ0n) is 12.3. The molecule has 2 heterocycles. The first-order chi connectivity index (χ1) is 9.65. The van der Waals surface area contributed by atoms with Gasteiger partial charge in [-0.25, -0.2) is 9.97 Å². The molecule has 2 aromatic heterocycles. The Morgan fingerprint density at radius 1 is 1.20 bits per heavy atom. The van der Waals surface area contributed by atoms with Crippen molar-refractivity contribution in [3.05, 3.63) is 27.7 Å². The van der Waals surface area contributed by atoms with E-state index >= 15 is 0 Å². The van der Waals surface area contributed by atoms with Crippen molar-refractivity contribution in [1.29, 1.82) is 0 Å². The van der Waals surface area contributed by atoms with E-state index in [1.807, 2.05) is 6.92 Å². The molecule has 108 valence electrons. The van der Waals surface area contributed by atoms with E-state index in [0.717, 1.165) is 13.1 Å². The summed E-state index contributed by atoms with van der Waals surface area (Å²) in [7, 11) is 1.63. The van der Waals surface area contributed by atoms with Crippen molar-refractivity contribution >= 4 is 23.0 Å². The molecule has 0 fully saturated rings. The van der Waals surface area contributed by atoms with Gasteiger partial charge in [0.2, 0.25) is 5.75 Å². The number of aryl methyl sites for hydroxylation is 2. The lowest BCUT2D eigenvalue weighted by Crippen LogP contribution is -2.07. The molecule has 0 unspecified atom stereocenters. The standard InChI is InChI=1S/C14H20N4OS/c1-5-15-13-12(19-4)14(18-8-17-13)16-7-11-6-9(2)10(3)20-11/h6,8H,5,7H2,1-4H3,(H2,15,16,17,18). The van der Waals surface area contributed by atoms with E-state index < -0.39 is 0 Å². The minimum absolute atomic E-state index is 0.652. The molecule has 20 heavy (non-hydrogen) atoms. The Morgan fingerprint density at radius 2 is 1.90 bits per heavy atom. The lowest BCUT2D eigenvalue weighted by molar-refractivity contribution is 0.414. The predicted molar refractivity (Wildman–Crippen MR) is 83.9 cm³/mol. The number of nitrogens with zero attached hydrogens (tertiary/aromatic N) is 2. The highest BCUT2D eigenvalue weighted by atomic mass is 32.1. The van der Waals surface area contributed by atoms with Crippen LogP contribution in [0.25, 0.3) is 0 Å². The summed E-state index contributed by atoms with van der Waals surface area (Å²) >= 11 is 1.80. The predicted octanol–water partition coefficient (Wildman–Crippen LogP) is 3.21. The molecule has 2 rings (SSSR count). The Hall–Kier alpha value is -1.82. The Morgan fingerprint density at radius 3 is 2.45 bits per heavy atom. The van der Waals surface area contributed by atoms with Gasteiger partial charge in [-0.3, -0.25) is 0 Å². The van der Waals surface area contributed by atoms with Crippen LogP contribution in [0.2, 0.25) is 0 Å². The van der Waals surface area contributed by atoms with Gasteiger partial charge in [0, 0.05) is 16.3 Å². The third-order valence-electron chi connectivity index (χ3n) is 3.00. The fourth-order valence-corrected chi connectivity index (χ4v) is 2.89. The smallest absolute Gasteiger partial charge is 0.204 e. The van der Waals surface area contributed by atoms with Crippen LogP contribution in [0.4, 0.5) is 11.6 Å². The maximum atomic E-state index is 5.40. The highest BCUT2D eigenvalue weighted by Gasteiger charge is 2.11. The molecule has 5 nitrogen and oxygen atoms in total. The fraction of sp³-hybridized carbons (Fsp3) is 0.429. The quantitative estimate of drug-likeness (QED) is 0.856. The Balaban J connectivity index is 2.14. The number of anilines is 2. The van der Waals surface area contributed by atoms with Gasteiger partial charge in [0.05, 0.1) is 13.7 Å². The molecule has 0 aliphatic heterocycles. The molecule has 0 saturated carbocycles. The van der Waals surface area contributed by atoms with Gasteiger partial charge in [0.1, 0.15) is 6.33 Å². The van der Waals surface area contributed by atoms with E-state index in [9.17, 15) is 0 Å². The SMILES string of the molecule is CCNc1ncnc(NCc2cc(C)c(C)s2)c1OC. The molecule has 0 bridgehead atoms. The van der Waals surface area contributed by atoms with Crippen LogP contribution >= 0.6 is 11.3 Å². The third-order valence-corrected chi connectivity index (χ3v) is 4.15. The van der Waals surface area contributed by atoms with Crippen LogP contribution < -0.4 is 15.4 Å². The van der Waals surface area contributed by atoms with E-state index in [2.05, 4.69) is 40.5 Å². The molecule has 0 spiro atoms. The number of hydrogen-bond acceptors (Lipinski definition) is 6. The van der Waals surface area contributed by atoms with Gasteiger partial charge in [0.15, 0.2) is 11.6 Å². The van der Waals surface area contributed by atoms with E-state index in [-0.39, 0.29) is 0 Å². The van der Waals surface area contributed by atoms with Crippen molar-refractivity contribution in [3.63, 3.8) is 0 Å². The zero-order chi connectivity index (χ0) is 14.5. The fourth-order valence-electron chi connectivity index (χ4n) is 1.89. The number of nitrogens with one attached hydrogen (secondary N) is 2. The summed E-state index contributed by atoms with van der Waals surface area (Å²) in [4.78, 5) is 11.1. The molecule has 0 atom stereocenters. The molecule has 0 saturated heterocycles. The second-order valence-corrected chi connectivity index (χ2v) is 5.78. The summed E-state index contributed by atoms with van der Waals surface area (Å²) in [6, 6.07) is 2.20. The van der Waals surface area contributed by atoms with Gasteiger partial charge >= 0.3 is 0 Å².